The van der Waals surface area contributed by atoms with E-state index < -0.39 is 0 Å². The van der Waals surface area contributed by atoms with Gasteiger partial charge in [-0.3, -0.25) is 0 Å². The molecule has 0 N–H and O–H groups in total. The molecule has 0 unspecified atom stereocenters. The normalized spacial score (nSPS) is 12.8. The molecule has 3 heteroatoms. The molecule has 0 spiro atoms. The van der Waals surface area contributed by atoms with Crippen LogP contribution in [0, 0.1) is 0 Å². The maximum atomic E-state index is 6.75. The van der Waals surface area contributed by atoms with Crippen molar-refractivity contribution in [1.82, 2.24) is 4.57 Å². The van der Waals surface area contributed by atoms with Crippen LogP contribution in [0.1, 0.15) is 0 Å². The Labute approximate surface area is 214 Å². The summed E-state index contributed by atoms with van der Waals surface area (Å²) >= 11 is 0. The van der Waals surface area contributed by atoms with Gasteiger partial charge in [0.1, 0.15) is 0 Å². The zero-order valence-electron chi connectivity index (χ0n) is 20.7. The molecule has 2 heterocycles. The lowest BCUT2D eigenvalue weighted by molar-refractivity contribution is 0.487. The molecule has 0 fully saturated rings. The topological polar surface area (TPSA) is 17.4 Å². The summed E-state index contributed by atoms with van der Waals surface area (Å²) in [5.74, 6) is 1.83. The zero-order valence-corrected chi connectivity index (χ0v) is 20.7. The average Bonchev–Trinajstić information content (AvgIpc) is 3.24. The number of hydrogen-bond donors (Lipinski definition) is 0. The first-order valence-corrected chi connectivity index (χ1v) is 12.7. The number of para-hydroxylation sites is 1. The third kappa shape index (κ3) is 2.77. The summed E-state index contributed by atoms with van der Waals surface area (Å²) in [6.45, 7) is 0. The Morgan fingerprint density at radius 1 is 0.514 bits per heavy atom. The predicted molar refractivity (Wildman–Crippen MR) is 155 cm³/mol. The number of ether oxygens (including phenoxy) is 1. The van der Waals surface area contributed by atoms with Crippen LogP contribution in [-0.4, -0.2) is 11.6 Å². The van der Waals surface area contributed by atoms with Gasteiger partial charge in [-0.2, -0.15) is 0 Å². The summed E-state index contributed by atoms with van der Waals surface area (Å²) < 4.78 is 9.03. The van der Waals surface area contributed by atoms with E-state index in [4.69, 9.17) is 4.74 Å². The molecule has 0 radical (unpaired) electrons. The van der Waals surface area contributed by atoms with E-state index in [1.54, 1.807) is 0 Å². The molecule has 0 aliphatic carbocycles. The second kappa shape index (κ2) is 7.37. The Morgan fingerprint density at radius 3 is 2.11 bits per heavy atom. The van der Waals surface area contributed by atoms with Crippen molar-refractivity contribution >= 4 is 54.7 Å². The van der Waals surface area contributed by atoms with Crippen LogP contribution < -0.4 is 9.64 Å². The van der Waals surface area contributed by atoms with E-state index in [1.165, 1.54) is 43.7 Å². The van der Waals surface area contributed by atoms with E-state index >= 15 is 0 Å². The quantitative estimate of drug-likeness (QED) is 0.235. The number of hydrogen-bond acceptors (Lipinski definition) is 2. The first-order chi connectivity index (χ1) is 18.2. The fourth-order valence-corrected chi connectivity index (χ4v) is 6.11. The molecular weight excluding hydrogens is 452 g/mol. The Hall–Kier alpha value is -4.76. The van der Waals surface area contributed by atoms with Gasteiger partial charge in [0.25, 0.3) is 0 Å². The molecule has 1 aromatic heterocycles. The maximum Gasteiger partial charge on any atom is 0.159 e. The standard InChI is InChI=1S/C34H24N2O/c1-35-29-13-6-5-10-26(29)28-20-22(15-17-30(28)35)23-11-7-12-27-25(23)16-19-32-34(27)37-33-24-9-4-3-8-21(24)14-18-31(33)36(32)2/h3-20H,1-2H3. The van der Waals surface area contributed by atoms with Crippen molar-refractivity contribution in [2.45, 2.75) is 0 Å². The molecule has 3 nitrogen and oxygen atoms in total. The molecule has 0 saturated heterocycles. The minimum Gasteiger partial charge on any atom is -0.452 e. The molecule has 37 heavy (non-hydrogen) atoms. The van der Waals surface area contributed by atoms with Crippen molar-refractivity contribution in [3.63, 3.8) is 0 Å². The fourth-order valence-electron chi connectivity index (χ4n) is 6.11. The lowest BCUT2D eigenvalue weighted by atomic mass is 9.95. The highest BCUT2D eigenvalue weighted by Gasteiger charge is 2.26. The zero-order chi connectivity index (χ0) is 24.7. The summed E-state index contributed by atoms with van der Waals surface area (Å²) in [7, 11) is 4.27. The molecule has 6 aromatic carbocycles. The van der Waals surface area contributed by atoms with E-state index in [0.717, 1.165) is 33.6 Å². The third-order valence-corrected chi connectivity index (χ3v) is 8.00. The number of fused-ring (bicyclic) bond motifs is 9. The van der Waals surface area contributed by atoms with Gasteiger partial charge in [-0.15, -0.1) is 0 Å². The van der Waals surface area contributed by atoms with Crippen molar-refractivity contribution in [2.75, 3.05) is 11.9 Å². The lowest BCUT2D eigenvalue weighted by Crippen LogP contribution is -2.16. The predicted octanol–water partition coefficient (Wildman–Crippen LogP) is 9.18. The average molecular weight is 477 g/mol. The van der Waals surface area contributed by atoms with Crippen molar-refractivity contribution in [3.8, 4) is 22.6 Å². The fraction of sp³-hybridized carbons (Fsp3) is 0.0588. The molecule has 1 aliphatic heterocycles. The number of aromatic nitrogens is 1. The minimum absolute atomic E-state index is 0.914. The molecule has 176 valence electrons. The second-order valence-electron chi connectivity index (χ2n) is 9.92. The van der Waals surface area contributed by atoms with Gasteiger partial charge in [-0.25, -0.2) is 0 Å². The third-order valence-electron chi connectivity index (χ3n) is 8.00. The van der Waals surface area contributed by atoms with Gasteiger partial charge >= 0.3 is 0 Å². The first kappa shape index (κ1) is 20.4. The summed E-state index contributed by atoms with van der Waals surface area (Å²) in [5.41, 5.74) is 7.09. The minimum atomic E-state index is 0.914. The van der Waals surface area contributed by atoms with E-state index in [0.29, 0.717) is 0 Å². The number of rotatable bonds is 1. The van der Waals surface area contributed by atoms with Gasteiger partial charge in [-0.1, -0.05) is 78.9 Å². The monoisotopic (exact) mass is 476 g/mol. The number of nitrogens with zero attached hydrogens (tertiary/aromatic N) is 2. The van der Waals surface area contributed by atoms with Crippen LogP contribution in [0.4, 0.5) is 11.4 Å². The SMILES string of the molecule is CN1c2ccc3ccccc3c2Oc2c1ccc1c(-c3ccc4c(c3)c3ccccc3n4C)cccc21. The summed E-state index contributed by atoms with van der Waals surface area (Å²) in [5, 5.41) is 7.20. The number of benzene rings is 6. The van der Waals surface area contributed by atoms with E-state index in [1.807, 2.05) is 0 Å². The van der Waals surface area contributed by atoms with E-state index in [9.17, 15) is 0 Å². The van der Waals surface area contributed by atoms with Crippen molar-refractivity contribution in [1.29, 1.82) is 0 Å². The van der Waals surface area contributed by atoms with Crippen LogP contribution >= 0.6 is 0 Å². The molecule has 0 amide bonds. The van der Waals surface area contributed by atoms with Crippen LogP contribution in [0.2, 0.25) is 0 Å². The smallest absolute Gasteiger partial charge is 0.159 e. The van der Waals surface area contributed by atoms with Crippen LogP contribution in [-0.2, 0) is 7.05 Å². The molecular formula is C34H24N2O. The first-order valence-electron chi connectivity index (χ1n) is 12.7. The van der Waals surface area contributed by atoms with Crippen molar-refractivity contribution in [3.05, 3.63) is 109 Å². The van der Waals surface area contributed by atoms with Crippen molar-refractivity contribution < 1.29 is 4.74 Å². The van der Waals surface area contributed by atoms with Gasteiger partial charge < -0.3 is 14.2 Å². The van der Waals surface area contributed by atoms with Crippen LogP contribution in [0.25, 0.3) is 54.5 Å². The summed E-state index contributed by atoms with van der Waals surface area (Å²) in [6, 6.07) is 39.2. The Bertz CT molecular complexity index is 2050. The maximum absolute atomic E-state index is 6.75. The highest BCUT2D eigenvalue weighted by atomic mass is 16.5. The molecule has 8 rings (SSSR count). The Kier molecular flexibility index (Phi) is 4.07. The molecule has 7 aromatic rings. The lowest BCUT2D eigenvalue weighted by Gasteiger charge is -2.31. The Morgan fingerprint density at radius 2 is 1.22 bits per heavy atom. The van der Waals surface area contributed by atoms with Gasteiger partial charge in [0.05, 0.1) is 11.4 Å². The van der Waals surface area contributed by atoms with Gasteiger partial charge in [0.2, 0.25) is 0 Å². The summed E-state index contributed by atoms with van der Waals surface area (Å²) in [4.78, 5) is 2.24. The van der Waals surface area contributed by atoms with Crippen LogP contribution in [0.5, 0.6) is 11.5 Å². The molecule has 0 saturated carbocycles. The van der Waals surface area contributed by atoms with E-state index in [-0.39, 0.29) is 0 Å². The van der Waals surface area contributed by atoms with Crippen LogP contribution in [0.15, 0.2) is 109 Å². The molecule has 0 bridgehead atoms. The highest BCUT2D eigenvalue weighted by Crippen LogP contribution is 2.52. The second-order valence-corrected chi connectivity index (χ2v) is 9.92. The van der Waals surface area contributed by atoms with Gasteiger partial charge in [-0.05, 0) is 52.2 Å². The largest absolute Gasteiger partial charge is 0.452 e. The summed E-state index contributed by atoms with van der Waals surface area (Å²) in [6.07, 6.45) is 0. The number of aryl methyl sites for hydroxylation is 1. The van der Waals surface area contributed by atoms with Gasteiger partial charge in [0.15, 0.2) is 11.5 Å². The molecule has 1 aliphatic rings. The Balaban J connectivity index is 1.35. The van der Waals surface area contributed by atoms with Crippen molar-refractivity contribution in [2.24, 2.45) is 7.05 Å². The highest BCUT2D eigenvalue weighted by molar-refractivity contribution is 6.11. The molecule has 0 atom stereocenters. The van der Waals surface area contributed by atoms with Crippen LogP contribution in [0.3, 0.4) is 0 Å². The van der Waals surface area contributed by atoms with E-state index in [2.05, 4.69) is 133 Å². The number of anilines is 2. The van der Waals surface area contributed by atoms with Gasteiger partial charge in [0, 0.05) is 46.7 Å².